The van der Waals surface area contributed by atoms with Gasteiger partial charge in [-0.15, -0.1) is 0 Å². The molecule has 0 aliphatic carbocycles. The van der Waals surface area contributed by atoms with Gasteiger partial charge in [0.1, 0.15) is 10.8 Å². The van der Waals surface area contributed by atoms with E-state index in [-0.39, 0.29) is 11.9 Å². The molecule has 4 heterocycles. The molecule has 9 nitrogen and oxygen atoms in total. The van der Waals surface area contributed by atoms with E-state index in [1.807, 2.05) is 40.1 Å². The van der Waals surface area contributed by atoms with Crippen molar-refractivity contribution in [3.05, 3.63) is 65.1 Å². The van der Waals surface area contributed by atoms with Gasteiger partial charge >= 0.3 is 0 Å². The average Bonchev–Trinajstić information content (AvgIpc) is 3.43. The van der Waals surface area contributed by atoms with Crippen LogP contribution >= 0.6 is 11.6 Å². The molecule has 1 saturated heterocycles. The maximum atomic E-state index is 13.1. The number of H-pyrrole nitrogens is 1. The Balaban J connectivity index is 1.46. The zero-order valence-electron chi connectivity index (χ0n) is 15.2. The largest absolute Gasteiger partial charge is 0.422 e. The first-order valence-corrected chi connectivity index (χ1v) is 9.46. The number of aromatic nitrogens is 5. The van der Waals surface area contributed by atoms with Crippen molar-refractivity contribution in [2.75, 3.05) is 24.5 Å². The van der Waals surface area contributed by atoms with Crippen LogP contribution in [0.5, 0.6) is 0 Å². The second kappa shape index (κ2) is 7.17. The summed E-state index contributed by atoms with van der Waals surface area (Å²) in [5, 5.41) is 11.1. The molecular formula is C19H16ClN7O2. The predicted molar refractivity (Wildman–Crippen MR) is 106 cm³/mol. The lowest BCUT2D eigenvalue weighted by Crippen LogP contribution is -2.51. The van der Waals surface area contributed by atoms with Gasteiger partial charge in [0, 0.05) is 25.2 Å². The molecule has 3 aromatic heterocycles. The predicted octanol–water partition coefficient (Wildman–Crippen LogP) is 2.70. The van der Waals surface area contributed by atoms with Crippen LogP contribution in [0.15, 0.2) is 53.1 Å². The number of pyridine rings is 1. The standard InChI is InChI=1S/C19H16ClN7O2/c20-16-7-6-15-17(22-16)23-19(29-15)26-8-9-27(14(11-26)13-10-21-25-24-13)18(28)12-4-2-1-3-5-12/h1-7,10,14H,8-9,11H2,(H,21,24,25). The minimum Gasteiger partial charge on any atom is -0.422 e. The molecule has 1 fully saturated rings. The fourth-order valence-corrected chi connectivity index (χ4v) is 3.63. The molecule has 0 radical (unpaired) electrons. The molecule has 4 aromatic rings. The van der Waals surface area contributed by atoms with Gasteiger partial charge in [-0.25, -0.2) is 4.98 Å². The van der Waals surface area contributed by atoms with E-state index in [1.165, 1.54) is 0 Å². The van der Waals surface area contributed by atoms with Gasteiger partial charge in [0.05, 0.1) is 12.2 Å². The Morgan fingerprint density at radius 3 is 2.79 bits per heavy atom. The number of amides is 1. The number of hydrogen-bond donors (Lipinski definition) is 1. The molecule has 1 aliphatic rings. The van der Waals surface area contributed by atoms with E-state index < -0.39 is 0 Å². The van der Waals surface area contributed by atoms with Crippen molar-refractivity contribution in [1.29, 1.82) is 0 Å². The number of hydrogen-bond acceptors (Lipinski definition) is 7. The van der Waals surface area contributed by atoms with Crippen LogP contribution in [0.4, 0.5) is 6.01 Å². The van der Waals surface area contributed by atoms with Crippen molar-refractivity contribution in [1.82, 2.24) is 30.3 Å². The first-order valence-electron chi connectivity index (χ1n) is 9.09. The zero-order chi connectivity index (χ0) is 19.8. The van der Waals surface area contributed by atoms with E-state index in [4.69, 9.17) is 16.0 Å². The number of piperazine rings is 1. The topological polar surface area (TPSA) is 104 Å². The molecule has 10 heteroatoms. The second-order valence-electron chi connectivity index (χ2n) is 6.67. The molecule has 29 heavy (non-hydrogen) atoms. The average molecular weight is 410 g/mol. The Hall–Kier alpha value is -3.46. The van der Waals surface area contributed by atoms with E-state index >= 15 is 0 Å². The number of benzene rings is 1. The molecule has 1 aliphatic heterocycles. The van der Waals surface area contributed by atoms with Crippen LogP contribution in [0.3, 0.4) is 0 Å². The fraction of sp³-hybridized carbons (Fsp3) is 0.211. The molecular weight excluding hydrogens is 394 g/mol. The second-order valence-corrected chi connectivity index (χ2v) is 7.06. The van der Waals surface area contributed by atoms with Crippen molar-refractivity contribution in [2.24, 2.45) is 0 Å². The van der Waals surface area contributed by atoms with Crippen molar-refractivity contribution in [3.8, 4) is 0 Å². The monoisotopic (exact) mass is 409 g/mol. The van der Waals surface area contributed by atoms with Gasteiger partial charge in [0.2, 0.25) is 5.65 Å². The molecule has 1 unspecified atom stereocenters. The van der Waals surface area contributed by atoms with Crippen molar-refractivity contribution in [2.45, 2.75) is 6.04 Å². The summed E-state index contributed by atoms with van der Waals surface area (Å²) in [7, 11) is 0. The molecule has 0 bridgehead atoms. The lowest BCUT2D eigenvalue weighted by molar-refractivity contribution is 0.0647. The summed E-state index contributed by atoms with van der Waals surface area (Å²) in [5.41, 5.74) is 2.32. The van der Waals surface area contributed by atoms with Gasteiger partial charge in [-0.1, -0.05) is 29.8 Å². The van der Waals surface area contributed by atoms with Crippen LogP contribution in [0.2, 0.25) is 5.15 Å². The van der Waals surface area contributed by atoms with Crippen LogP contribution in [0.1, 0.15) is 22.1 Å². The van der Waals surface area contributed by atoms with Crippen LogP contribution in [0.25, 0.3) is 11.2 Å². The van der Waals surface area contributed by atoms with Crippen LogP contribution < -0.4 is 4.90 Å². The summed E-state index contributed by atoms with van der Waals surface area (Å²) in [6.07, 6.45) is 1.63. The molecule has 1 amide bonds. The number of oxazole rings is 1. The van der Waals surface area contributed by atoms with Gasteiger partial charge in [-0.05, 0) is 24.3 Å². The minimum absolute atomic E-state index is 0.0516. The van der Waals surface area contributed by atoms with Gasteiger partial charge in [-0.3, -0.25) is 4.79 Å². The Bertz CT molecular complexity index is 1150. The maximum absolute atomic E-state index is 13.1. The van der Waals surface area contributed by atoms with E-state index in [2.05, 4.69) is 25.4 Å². The first-order chi connectivity index (χ1) is 14.2. The summed E-state index contributed by atoms with van der Waals surface area (Å²) in [5.74, 6) is -0.0516. The quantitative estimate of drug-likeness (QED) is 0.519. The summed E-state index contributed by atoms with van der Waals surface area (Å²) in [6.45, 7) is 1.51. The van der Waals surface area contributed by atoms with E-state index in [1.54, 1.807) is 18.3 Å². The molecule has 1 aromatic carbocycles. The first kappa shape index (κ1) is 17.6. The fourth-order valence-electron chi connectivity index (χ4n) is 3.49. The lowest BCUT2D eigenvalue weighted by Gasteiger charge is -2.39. The Morgan fingerprint density at radius 2 is 2.00 bits per heavy atom. The number of fused-ring (bicyclic) bond motifs is 1. The van der Waals surface area contributed by atoms with Crippen molar-refractivity contribution >= 4 is 34.8 Å². The van der Waals surface area contributed by atoms with E-state index in [0.29, 0.717) is 53.3 Å². The smallest absolute Gasteiger partial charge is 0.300 e. The summed E-state index contributed by atoms with van der Waals surface area (Å²) < 4.78 is 5.85. The van der Waals surface area contributed by atoms with Gasteiger partial charge < -0.3 is 14.2 Å². The molecule has 1 N–H and O–H groups in total. The van der Waals surface area contributed by atoms with Crippen LogP contribution in [-0.2, 0) is 0 Å². The SMILES string of the molecule is O=C(c1ccccc1)N1CCN(c2nc3nc(Cl)ccc3o2)CC1c1cn[nH]n1. The highest BCUT2D eigenvalue weighted by Gasteiger charge is 2.35. The van der Waals surface area contributed by atoms with Crippen LogP contribution in [-0.4, -0.2) is 55.8 Å². The Kier molecular flexibility index (Phi) is 4.36. The number of halogens is 1. The molecule has 146 valence electrons. The van der Waals surface area contributed by atoms with Gasteiger partial charge in [0.25, 0.3) is 11.9 Å². The minimum atomic E-state index is -0.304. The zero-order valence-corrected chi connectivity index (χ0v) is 16.0. The van der Waals surface area contributed by atoms with Crippen LogP contribution in [0, 0.1) is 0 Å². The summed E-state index contributed by atoms with van der Waals surface area (Å²) in [4.78, 5) is 25.5. The van der Waals surface area contributed by atoms with Gasteiger partial charge in [0.15, 0.2) is 5.58 Å². The van der Waals surface area contributed by atoms with Gasteiger partial charge in [-0.2, -0.15) is 20.4 Å². The molecule has 1 atom stereocenters. The molecule has 5 rings (SSSR count). The van der Waals surface area contributed by atoms with E-state index in [9.17, 15) is 4.79 Å². The third kappa shape index (κ3) is 3.29. The Labute approximate surface area is 170 Å². The summed E-state index contributed by atoms with van der Waals surface area (Å²) in [6, 6.07) is 12.7. The van der Waals surface area contributed by atoms with E-state index in [0.717, 1.165) is 0 Å². The number of nitrogens with one attached hydrogen (secondary N) is 1. The molecule has 0 spiro atoms. The summed E-state index contributed by atoms with van der Waals surface area (Å²) >= 11 is 5.95. The lowest BCUT2D eigenvalue weighted by atomic mass is 10.1. The number of carbonyl (C=O) groups excluding carboxylic acids is 1. The molecule has 0 saturated carbocycles. The Morgan fingerprint density at radius 1 is 1.14 bits per heavy atom. The number of nitrogens with zero attached hydrogens (tertiary/aromatic N) is 6. The third-order valence-corrected chi connectivity index (χ3v) is 5.13. The normalized spacial score (nSPS) is 17.1. The van der Waals surface area contributed by atoms with Crippen molar-refractivity contribution < 1.29 is 9.21 Å². The number of aromatic amines is 1. The highest BCUT2D eigenvalue weighted by atomic mass is 35.5. The number of carbonyl (C=O) groups is 1. The third-order valence-electron chi connectivity index (χ3n) is 4.92. The highest BCUT2D eigenvalue weighted by molar-refractivity contribution is 6.29. The highest BCUT2D eigenvalue weighted by Crippen LogP contribution is 2.30. The number of rotatable bonds is 3. The number of anilines is 1. The van der Waals surface area contributed by atoms with Crippen molar-refractivity contribution in [3.63, 3.8) is 0 Å². The maximum Gasteiger partial charge on any atom is 0.300 e.